The van der Waals surface area contributed by atoms with Gasteiger partial charge in [0.25, 0.3) is 5.91 Å². The van der Waals surface area contributed by atoms with Crippen molar-refractivity contribution >= 4 is 43.9 Å². The number of hydrogen-bond donors (Lipinski definition) is 0. The summed E-state index contributed by atoms with van der Waals surface area (Å²) in [6, 6.07) is 19.5. The maximum atomic E-state index is 13.1. The molecule has 2 aromatic carbocycles. The Balaban J connectivity index is 1.75. The standard InChI is InChI=1S/C20H16N2O2S2/c1-24-15-9-10-16-18(12-15)26-20(21-16)22(13-14-6-3-2-4-7-14)19(23)17-8-5-11-25-17/h2-12H,13H2,1H3. The lowest BCUT2D eigenvalue weighted by atomic mass is 10.2. The van der Waals surface area contributed by atoms with E-state index >= 15 is 0 Å². The van der Waals surface area contributed by atoms with Crippen molar-refractivity contribution in [3.8, 4) is 5.75 Å². The van der Waals surface area contributed by atoms with Gasteiger partial charge in [-0.2, -0.15) is 0 Å². The van der Waals surface area contributed by atoms with Gasteiger partial charge in [-0.3, -0.25) is 9.69 Å². The number of carbonyl (C=O) groups excluding carboxylic acids is 1. The van der Waals surface area contributed by atoms with Crippen LogP contribution in [0, 0.1) is 0 Å². The molecule has 0 atom stereocenters. The summed E-state index contributed by atoms with van der Waals surface area (Å²) in [5, 5.41) is 2.60. The molecule has 4 nitrogen and oxygen atoms in total. The summed E-state index contributed by atoms with van der Waals surface area (Å²) in [5.41, 5.74) is 1.93. The highest BCUT2D eigenvalue weighted by Crippen LogP contribution is 2.33. The van der Waals surface area contributed by atoms with Crippen molar-refractivity contribution in [3.63, 3.8) is 0 Å². The zero-order valence-corrected chi connectivity index (χ0v) is 15.7. The number of aromatic nitrogens is 1. The second-order valence-corrected chi connectivity index (χ2v) is 7.64. The molecule has 6 heteroatoms. The molecule has 2 heterocycles. The van der Waals surface area contributed by atoms with Crippen LogP contribution in [-0.4, -0.2) is 18.0 Å². The molecule has 0 bridgehead atoms. The highest BCUT2D eigenvalue weighted by Gasteiger charge is 2.22. The molecule has 0 radical (unpaired) electrons. The number of methoxy groups -OCH3 is 1. The van der Waals surface area contributed by atoms with Crippen LogP contribution in [0.15, 0.2) is 66.0 Å². The number of anilines is 1. The molecule has 0 aliphatic rings. The molecule has 0 aliphatic carbocycles. The van der Waals surface area contributed by atoms with Gasteiger partial charge in [0, 0.05) is 0 Å². The van der Waals surface area contributed by atoms with Crippen LogP contribution in [0.5, 0.6) is 5.75 Å². The summed E-state index contributed by atoms with van der Waals surface area (Å²) in [4.78, 5) is 20.2. The Morgan fingerprint density at radius 3 is 2.69 bits per heavy atom. The van der Waals surface area contributed by atoms with E-state index in [0.717, 1.165) is 21.5 Å². The summed E-state index contributed by atoms with van der Waals surface area (Å²) in [6.45, 7) is 0.481. The fourth-order valence-electron chi connectivity index (χ4n) is 2.66. The number of benzene rings is 2. The minimum absolute atomic E-state index is 0.0325. The molecule has 0 saturated heterocycles. The van der Waals surface area contributed by atoms with Gasteiger partial charge in [0.15, 0.2) is 5.13 Å². The molecule has 4 aromatic rings. The number of thiophene rings is 1. The third-order valence-electron chi connectivity index (χ3n) is 3.98. The molecular formula is C20H16N2O2S2. The lowest BCUT2D eigenvalue weighted by molar-refractivity contribution is 0.0989. The predicted molar refractivity (Wildman–Crippen MR) is 107 cm³/mol. The number of amides is 1. The molecule has 0 N–H and O–H groups in total. The van der Waals surface area contributed by atoms with E-state index in [9.17, 15) is 4.79 Å². The number of hydrogen-bond acceptors (Lipinski definition) is 5. The van der Waals surface area contributed by atoms with Gasteiger partial charge in [0.2, 0.25) is 0 Å². The van der Waals surface area contributed by atoms with Crippen LogP contribution in [-0.2, 0) is 6.54 Å². The van der Waals surface area contributed by atoms with Crippen LogP contribution in [0.25, 0.3) is 10.2 Å². The monoisotopic (exact) mass is 380 g/mol. The van der Waals surface area contributed by atoms with Crippen molar-refractivity contribution in [2.75, 3.05) is 12.0 Å². The first-order chi connectivity index (χ1) is 12.7. The molecule has 0 aliphatic heterocycles. The first-order valence-corrected chi connectivity index (χ1v) is 9.78. The normalized spacial score (nSPS) is 10.8. The first kappa shape index (κ1) is 16.8. The van der Waals surface area contributed by atoms with Crippen molar-refractivity contribution in [3.05, 3.63) is 76.5 Å². The van der Waals surface area contributed by atoms with E-state index in [4.69, 9.17) is 4.74 Å². The van der Waals surface area contributed by atoms with E-state index in [1.165, 1.54) is 22.7 Å². The van der Waals surface area contributed by atoms with Crippen molar-refractivity contribution < 1.29 is 9.53 Å². The Bertz CT molecular complexity index is 1030. The van der Waals surface area contributed by atoms with Crippen molar-refractivity contribution in [1.82, 2.24) is 4.98 Å². The Kier molecular flexibility index (Phi) is 4.69. The minimum Gasteiger partial charge on any atom is -0.497 e. The van der Waals surface area contributed by atoms with Crippen LogP contribution >= 0.6 is 22.7 Å². The highest BCUT2D eigenvalue weighted by atomic mass is 32.1. The Morgan fingerprint density at radius 2 is 1.96 bits per heavy atom. The summed E-state index contributed by atoms with van der Waals surface area (Å²) < 4.78 is 6.29. The van der Waals surface area contributed by atoms with Crippen molar-refractivity contribution in [1.29, 1.82) is 0 Å². The number of carbonyl (C=O) groups is 1. The second-order valence-electron chi connectivity index (χ2n) is 5.68. The second kappa shape index (κ2) is 7.27. The van der Waals surface area contributed by atoms with E-state index in [0.29, 0.717) is 16.6 Å². The van der Waals surface area contributed by atoms with Crippen molar-refractivity contribution in [2.45, 2.75) is 6.54 Å². The first-order valence-electron chi connectivity index (χ1n) is 8.08. The van der Waals surface area contributed by atoms with Gasteiger partial charge in [-0.15, -0.1) is 11.3 Å². The molecule has 130 valence electrons. The van der Waals surface area contributed by atoms with Crippen LogP contribution in [0.1, 0.15) is 15.2 Å². The van der Waals surface area contributed by atoms with E-state index in [2.05, 4.69) is 4.98 Å². The molecule has 4 rings (SSSR count). The van der Waals surface area contributed by atoms with E-state index < -0.39 is 0 Å². The molecule has 0 spiro atoms. The lowest BCUT2D eigenvalue weighted by Gasteiger charge is -2.19. The summed E-state index contributed by atoms with van der Waals surface area (Å²) in [7, 11) is 1.64. The maximum absolute atomic E-state index is 13.1. The topological polar surface area (TPSA) is 42.4 Å². The van der Waals surface area contributed by atoms with Crippen LogP contribution in [0.4, 0.5) is 5.13 Å². The minimum atomic E-state index is -0.0325. The molecular weight excluding hydrogens is 364 g/mol. The third kappa shape index (κ3) is 3.34. The Labute approximate surface area is 159 Å². The zero-order valence-electron chi connectivity index (χ0n) is 14.1. The molecule has 1 amide bonds. The zero-order chi connectivity index (χ0) is 17.9. The van der Waals surface area contributed by atoms with Gasteiger partial charge in [-0.05, 0) is 35.2 Å². The molecule has 0 unspecified atom stereocenters. The van der Waals surface area contributed by atoms with E-state index in [1.54, 1.807) is 12.0 Å². The number of thiazole rings is 1. The smallest absolute Gasteiger partial charge is 0.270 e. The van der Waals surface area contributed by atoms with Crippen LogP contribution in [0.2, 0.25) is 0 Å². The molecule has 26 heavy (non-hydrogen) atoms. The fourth-order valence-corrected chi connectivity index (χ4v) is 4.32. The fraction of sp³-hybridized carbons (Fsp3) is 0.100. The summed E-state index contributed by atoms with van der Waals surface area (Å²) in [5.74, 6) is 0.752. The quantitative estimate of drug-likeness (QED) is 0.477. The lowest BCUT2D eigenvalue weighted by Crippen LogP contribution is -2.29. The van der Waals surface area contributed by atoms with Gasteiger partial charge >= 0.3 is 0 Å². The third-order valence-corrected chi connectivity index (χ3v) is 5.87. The van der Waals surface area contributed by atoms with Crippen LogP contribution < -0.4 is 9.64 Å². The van der Waals surface area contributed by atoms with Crippen LogP contribution in [0.3, 0.4) is 0 Å². The SMILES string of the molecule is COc1ccc2nc(N(Cc3ccccc3)C(=O)c3cccs3)sc2c1. The number of rotatable bonds is 5. The van der Waals surface area contributed by atoms with Gasteiger partial charge in [0.1, 0.15) is 5.75 Å². The number of ether oxygens (including phenoxy) is 1. The summed E-state index contributed by atoms with van der Waals surface area (Å²) >= 11 is 2.94. The van der Waals surface area contributed by atoms with E-state index in [-0.39, 0.29) is 5.91 Å². The Morgan fingerprint density at radius 1 is 1.12 bits per heavy atom. The van der Waals surface area contributed by atoms with Gasteiger partial charge in [0.05, 0.1) is 28.7 Å². The molecule has 0 fully saturated rings. The predicted octanol–water partition coefficient (Wildman–Crippen LogP) is 5.21. The van der Waals surface area contributed by atoms with Gasteiger partial charge in [-0.1, -0.05) is 47.7 Å². The van der Waals surface area contributed by atoms with Gasteiger partial charge in [-0.25, -0.2) is 4.98 Å². The highest BCUT2D eigenvalue weighted by molar-refractivity contribution is 7.22. The maximum Gasteiger partial charge on any atom is 0.270 e. The number of nitrogens with zero attached hydrogens (tertiary/aromatic N) is 2. The van der Waals surface area contributed by atoms with E-state index in [1.807, 2.05) is 66.0 Å². The molecule has 0 saturated carbocycles. The molecule has 2 aromatic heterocycles. The van der Waals surface area contributed by atoms with Gasteiger partial charge < -0.3 is 4.74 Å². The average molecular weight is 380 g/mol. The van der Waals surface area contributed by atoms with Crippen molar-refractivity contribution in [2.24, 2.45) is 0 Å². The number of fused-ring (bicyclic) bond motifs is 1. The average Bonchev–Trinajstić information content (AvgIpc) is 3.35. The largest absolute Gasteiger partial charge is 0.497 e. The summed E-state index contributed by atoms with van der Waals surface area (Å²) in [6.07, 6.45) is 0. The Hall–Kier alpha value is -2.70.